The lowest BCUT2D eigenvalue weighted by Gasteiger charge is -2.41. The number of rotatable bonds is 14. The third-order valence-corrected chi connectivity index (χ3v) is 11.8. The van der Waals surface area contributed by atoms with Crippen molar-refractivity contribution in [3.05, 3.63) is 61.2 Å². The highest BCUT2D eigenvalue weighted by Crippen LogP contribution is 2.66. The van der Waals surface area contributed by atoms with Crippen LogP contribution in [0.1, 0.15) is 69.8 Å². The van der Waals surface area contributed by atoms with Gasteiger partial charge in [0.1, 0.15) is 6.04 Å². The molecule has 8 heteroatoms. The summed E-state index contributed by atoms with van der Waals surface area (Å²) in [6, 6.07) is 9.54. The number of likely N-dealkylation sites (tertiary alicyclic amines) is 1. The van der Waals surface area contributed by atoms with E-state index in [1.165, 1.54) is 6.42 Å². The van der Waals surface area contributed by atoms with Crippen molar-refractivity contribution in [1.82, 2.24) is 14.7 Å². The van der Waals surface area contributed by atoms with Crippen LogP contribution in [-0.4, -0.2) is 85.8 Å². The van der Waals surface area contributed by atoms with Crippen LogP contribution < -0.4 is 0 Å². The van der Waals surface area contributed by atoms with Crippen molar-refractivity contribution >= 4 is 29.5 Å². The van der Waals surface area contributed by atoms with E-state index in [2.05, 4.69) is 13.2 Å². The van der Waals surface area contributed by atoms with Crippen LogP contribution in [0.3, 0.4) is 0 Å². The number of aliphatic hydroxyl groups is 1. The molecule has 1 spiro atoms. The molecule has 1 N–H and O–H groups in total. The minimum absolute atomic E-state index is 0.000245. The topological polar surface area (TPSA) is 81.2 Å². The number of unbranched alkanes of at least 4 members (excludes halogenated alkanes) is 2. The Balaban J connectivity index is 1.47. The highest BCUT2D eigenvalue weighted by atomic mass is 32.2. The molecule has 1 aromatic rings. The summed E-state index contributed by atoms with van der Waals surface area (Å²) in [6.45, 7) is 9.83. The van der Waals surface area contributed by atoms with Crippen LogP contribution >= 0.6 is 11.8 Å². The predicted octanol–water partition coefficient (Wildman–Crippen LogP) is 4.80. The molecule has 4 fully saturated rings. The molecule has 42 heavy (non-hydrogen) atoms. The Morgan fingerprint density at radius 1 is 1.00 bits per heavy atom. The Morgan fingerprint density at radius 3 is 2.43 bits per heavy atom. The molecule has 0 aromatic heterocycles. The van der Waals surface area contributed by atoms with Crippen LogP contribution in [-0.2, 0) is 20.9 Å². The number of amides is 3. The van der Waals surface area contributed by atoms with Crippen molar-refractivity contribution in [3.63, 3.8) is 0 Å². The standard InChI is InChI=1S/C34H47N3O4S/c1-3-20-35(24-25-14-8-5-9-15-25)31(39)28-27-18-19-34(42-27)29(28)32(40)37(22-12-7-13-23-38)30(34)33(41)36(21-4-2)26-16-10-6-11-17-26/h3-5,8-9,14-15,26-30,38H,1-2,6-7,10-13,16-24H2/t27-,28+,29+,30?,34?/m1/s1. The lowest BCUT2D eigenvalue weighted by molar-refractivity contribution is -0.145. The van der Waals surface area contributed by atoms with Crippen LogP contribution in [0.5, 0.6) is 0 Å². The average Bonchev–Trinajstić information content (AvgIpc) is 3.65. The summed E-state index contributed by atoms with van der Waals surface area (Å²) in [5.74, 6) is -0.945. The van der Waals surface area contributed by atoms with Crippen molar-refractivity contribution in [3.8, 4) is 0 Å². The van der Waals surface area contributed by atoms with Gasteiger partial charge in [-0.25, -0.2) is 0 Å². The molecule has 1 saturated carbocycles. The molecule has 2 bridgehead atoms. The number of hydrogen-bond acceptors (Lipinski definition) is 5. The van der Waals surface area contributed by atoms with E-state index in [-0.39, 0.29) is 35.6 Å². The van der Waals surface area contributed by atoms with Gasteiger partial charge in [-0.3, -0.25) is 14.4 Å². The summed E-state index contributed by atoms with van der Waals surface area (Å²) < 4.78 is -0.586. The zero-order chi connectivity index (χ0) is 29.7. The fraction of sp³-hybridized carbons (Fsp3) is 0.618. The van der Waals surface area contributed by atoms with Crippen LogP contribution in [0, 0.1) is 11.8 Å². The van der Waals surface area contributed by atoms with E-state index in [1.54, 1.807) is 17.8 Å². The number of carbonyl (C=O) groups excluding carboxylic acids is 3. The quantitative estimate of drug-likeness (QED) is 0.248. The Labute approximate surface area is 255 Å². The third-order valence-electron chi connectivity index (χ3n) is 9.88. The molecule has 4 aliphatic rings. The van der Waals surface area contributed by atoms with Crippen molar-refractivity contribution < 1.29 is 19.5 Å². The average molecular weight is 594 g/mol. The van der Waals surface area contributed by atoms with Crippen LogP contribution in [0.4, 0.5) is 0 Å². The Kier molecular flexibility index (Phi) is 10.1. The number of benzene rings is 1. The monoisotopic (exact) mass is 593 g/mol. The maximum atomic E-state index is 14.7. The molecule has 3 aliphatic heterocycles. The van der Waals surface area contributed by atoms with Crippen LogP contribution in [0.15, 0.2) is 55.6 Å². The molecule has 3 amide bonds. The van der Waals surface area contributed by atoms with Gasteiger partial charge >= 0.3 is 0 Å². The first-order valence-electron chi connectivity index (χ1n) is 15.9. The number of hydrogen-bond donors (Lipinski definition) is 1. The molecule has 228 valence electrons. The van der Waals surface area contributed by atoms with Crippen molar-refractivity contribution in [2.24, 2.45) is 11.8 Å². The first-order chi connectivity index (χ1) is 20.5. The van der Waals surface area contributed by atoms with Crippen molar-refractivity contribution in [1.29, 1.82) is 0 Å². The normalized spacial score (nSPS) is 28.5. The van der Waals surface area contributed by atoms with Crippen LogP contribution in [0.25, 0.3) is 0 Å². The second kappa shape index (κ2) is 13.8. The van der Waals surface area contributed by atoms with E-state index in [1.807, 2.05) is 51.1 Å². The van der Waals surface area contributed by atoms with Gasteiger partial charge in [0.15, 0.2) is 0 Å². The lowest BCUT2D eigenvalue weighted by atomic mass is 9.70. The summed E-state index contributed by atoms with van der Waals surface area (Å²) in [5.41, 5.74) is 1.04. The summed E-state index contributed by atoms with van der Waals surface area (Å²) >= 11 is 1.75. The maximum absolute atomic E-state index is 14.7. The zero-order valence-corrected chi connectivity index (χ0v) is 25.7. The van der Waals surface area contributed by atoms with Gasteiger partial charge in [-0.1, -0.05) is 61.7 Å². The van der Waals surface area contributed by atoms with Gasteiger partial charge in [-0.15, -0.1) is 24.9 Å². The first kappa shape index (κ1) is 30.9. The molecule has 3 saturated heterocycles. The van der Waals surface area contributed by atoms with Gasteiger partial charge < -0.3 is 19.8 Å². The number of fused-ring (bicyclic) bond motifs is 1. The van der Waals surface area contributed by atoms with Crippen molar-refractivity contribution in [2.75, 3.05) is 26.2 Å². The summed E-state index contributed by atoms with van der Waals surface area (Å²) in [4.78, 5) is 49.1. The maximum Gasteiger partial charge on any atom is 0.247 e. The molecule has 5 rings (SSSR count). The molecule has 5 atom stereocenters. The van der Waals surface area contributed by atoms with E-state index < -0.39 is 22.6 Å². The van der Waals surface area contributed by atoms with Gasteiger partial charge in [0.05, 0.1) is 16.6 Å². The van der Waals surface area contributed by atoms with Gasteiger partial charge in [0, 0.05) is 44.1 Å². The molecule has 7 nitrogen and oxygen atoms in total. The predicted molar refractivity (Wildman–Crippen MR) is 168 cm³/mol. The second-order valence-electron chi connectivity index (χ2n) is 12.4. The number of nitrogens with zero attached hydrogens (tertiary/aromatic N) is 3. The SMILES string of the molecule is C=CCN(Cc1ccccc1)C(=O)[C@@H]1[C@H]2C(=O)N(CCCCCO)C(C(=O)N(CC=C)C3CCCCC3)C23CC[C@H]1S3. The van der Waals surface area contributed by atoms with Gasteiger partial charge in [0.25, 0.3) is 0 Å². The summed E-state index contributed by atoms with van der Waals surface area (Å²) in [5, 5.41) is 9.37. The number of aliphatic hydroxyl groups excluding tert-OH is 1. The van der Waals surface area contributed by atoms with E-state index in [0.29, 0.717) is 32.6 Å². The van der Waals surface area contributed by atoms with Crippen LogP contribution in [0.2, 0.25) is 0 Å². The Bertz CT molecular complexity index is 1140. The molecule has 1 aromatic carbocycles. The number of thioether (sulfide) groups is 1. The van der Waals surface area contributed by atoms with E-state index in [0.717, 1.165) is 56.9 Å². The molecule has 1 aliphatic carbocycles. The van der Waals surface area contributed by atoms with E-state index >= 15 is 0 Å². The van der Waals surface area contributed by atoms with Gasteiger partial charge in [-0.2, -0.15) is 0 Å². The minimum Gasteiger partial charge on any atom is -0.396 e. The Morgan fingerprint density at radius 2 is 1.74 bits per heavy atom. The Hall–Kier alpha value is -2.58. The molecule has 2 unspecified atom stereocenters. The molecule has 3 heterocycles. The number of carbonyl (C=O) groups is 3. The third kappa shape index (κ3) is 5.81. The van der Waals surface area contributed by atoms with E-state index in [9.17, 15) is 19.5 Å². The van der Waals surface area contributed by atoms with E-state index in [4.69, 9.17) is 0 Å². The highest BCUT2D eigenvalue weighted by Gasteiger charge is 2.74. The van der Waals surface area contributed by atoms with Crippen molar-refractivity contribution in [2.45, 2.75) is 92.8 Å². The summed E-state index contributed by atoms with van der Waals surface area (Å²) in [6.07, 6.45) is 12.8. The second-order valence-corrected chi connectivity index (χ2v) is 14.0. The lowest BCUT2D eigenvalue weighted by Crippen LogP contribution is -2.57. The highest BCUT2D eigenvalue weighted by molar-refractivity contribution is 8.02. The molecular weight excluding hydrogens is 546 g/mol. The van der Waals surface area contributed by atoms with Gasteiger partial charge in [-0.05, 0) is 50.5 Å². The molecular formula is C34H47N3O4S. The van der Waals surface area contributed by atoms with Gasteiger partial charge in [0.2, 0.25) is 17.7 Å². The zero-order valence-electron chi connectivity index (χ0n) is 24.9. The fourth-order valence-corrected chi connectivity index (χ4v) is 10.2. The first-order valence-corrected chi connectivity index (χ1v) is 16.8. The molecule has 0 radical (unpaired) electrons. The minimum atomic E-state index is -0.586. The largest absolute Gasteiger partial charge is 0.396 e. The summed E-state index contributed by atoms with van der Waals surface area (Å²) in [7, 11) is 0. The smallest absolute Gasteiger partial charge is 0.247 e. The fourth-order valence-electron chi connectivity index (χ4n) is 8.04.